The molecule has 1 N–H and O–H groups in total. The third kappa shape index (κ3) is 4.71. The Balaban J connectivity index is 1.43. The minimum atomic E-state index is -0.650. The van der Waals surface area contributed by atoms with E-state index in [1.807, 2.05) is 28.8 Å². The topological polar surface area (TPSA) is 97.7 Å². The maximum atomic E-state index is 12.9. The third-order valence-corrected chi connectivity index (χ3v) is 5.54. The number of para-hydroxylation sites is 1. The highest BCUT2D eigenvalue weighted by Gasteiger charge is 2.34. The van der Waals surface area contributed by atoms with Gasteiger partial charge in [0, 0.05) is 35.8 Å². The Kier molecular flexibility index (Phi) is 6.24. The number of carbonyl (C=O) groups excluding carboxylic acids is 4. The summed E-state index contributed by atoms with van der Waals surface area (Å²) in [5.41, 5.74) is 1.58. The van der Waals surface area contributed by atoms with Crippen molar-refractivity contribution >= 4 is 34.6 Å². The predicted octanol–water partition coefficient (Wildman–Crippen LogP) is 4.04. The molecule has 3 aromatic rings. The first kappa shape index (κ1) is 23.2. The van der Waals surface area contributed by atoms with Gasteiger partial charge in [-0.2, -0.15) is 0 Å². The van der Waals surface area contributed by atoms with E-state index < -0.39 is 11.7 Å². The summed E-state index contributed by atoms with van der Waals surface area (Å²) in [5.74, 6) is -0.787. The number of aryl methyl sites for hydroxylation is 1. The average molecular weight is 462 g/mol. The molecule has 0 fully saturated rings. The number of rotatable bonds is 7. The first-order valence-corrected chi connectivity index (χ1v) is 11.2. The summed E-state index contributed by atoms with van der Waals surface area (Å²) >= 11 is 0. The molecule has 8 nitrogen and oxygen atoms in total. The van der Waals surface area contributed by atoms with E-state index in [2.05, 4.69) is 5.32 Å². The van der Waals surface area contributed by atoms with Gasteiger partial charge in [-0.15, -0.1) is 0 Å². The number of amides is 3. The minimum Gasteiger partial charge on any atom is -0.444 e. The minimum absolute atomic E-state index is 0.183. The molecule has 2 aromatic carbocycles. The van der Waals surface area contributed by atoms with Gasteiger partial charge in [0.25, 0.3) is 11.8 Å². The van der Waals surface area contributed by atoms with E-state index in [0.29, 0.717) is 29.7 Å². The molecule has 0 atom stereocenters. The van der Waals surface area contributed by atoms with Gasteiger partial charge in [0.2, 0.25) is 0 Å². The van der Waals surface area contributed by atoms with Crippen LogP contribution in [0, 0.1) is 0 Å². The van der Waals surface area contributed by atoms with Crippen molar-refractivity contribution in [1.29, 1.82) is 0 Å². The second-order valence-corrected chi connectivity index (χ2v) is 9.19. The molecule has 8 heteroatoms. The largest absolute Gasteiger partial charge is 0.444 e. The van der Waals surface area contributed by atoms with Gasteiger partial charge in [0.15, 0.2) is 5.78 Å². The van der Waals surface area contributed by atoms with Gasteiger partial charge in [0.1, 0.15) is 5.60 Å². The zero-order valence-corrected chi connectivity index (χ0v) is 19.5. The summed E-state index contributed by atoms with van der Waals surface area (Å²) in [7, 11) is 0. The van der Waals surface area contributed by atoms with Gasteiger partial charge < -0.3 is 14.6 Å². The van der Waals surface area contributed by atoms with Crippen LogP contribution in [0.3, 0.4) is 0 Å². The molecule has 0 unspecified atom stereocenters. The summed E-state index contributed by atoms with van der Waals surface area (Å²) in [5, 5.41) is 3.29. The van der Waals surface area contributed by atoms with Gasteiger partial charge in [0.05, 0.1) is 17.7 Å². The molecule has 0 bridgehead atoms. The molecule has 34 heavy (non-hydrogen) atoms. The fourth-order valence-corrected chi connectivity index (χ4v) is 4.06. The molecule has 0 spiro atoms. The molecular formula is C26H27N3O5. The van der Waals surface area contributed by atoms with Crippen molar-refractivity contribution in [3.05, 3.63) is 71.4 Å². The molecule has 0 radical (unpaired) electrons. The van der Waals surface area contributed by atoms with Gasteiger partial charge in [-0.25, -0.2) is 4.79 Å². The van der Waals surface area contributed by atoms with E-state index >= 15 is 0 Å². The molecule has 0 saturated carbocycles. The van der Waals surface area contributed by atoms with Gasteiger partial charge in [-0.3, -0.25) is 19.3 Å². The van der Waals surface area contributed by atoms with Crippen molar-refractivity contribution in [2.45, 2.75) is 39.3 Å². The molecule has 4 rings (SSSR count). The monoisotopic (exact) mass is 461 g/mol. The number of hydrogen-bond donors (Lipinski definition) is 1. The molecule has 176 valence electrons. The maximum Gasteiger partial charge on any atom is 0.408 e. The predicted molar refractivity (Wildman–Crippen MR) is 127 cm³/mol. The Labute approximate surface area is 197 Å². The number of aromatic nitrogens is 1. The summed E-state index contributed by atoms with van der Waals surface area (Å²) in [6.07, 6.45) is 1.64. The van der Waals surface area contributed by atoms with Gasteiger partial charge in [-0.05, 0) is 45.4 Å². The number of ketones is 1. The standard InChI is InChI=1S/C26H27N3O5/c1-26(2,3)34-25(33)27-15-22(30)20-16-28(21-12-7-6-9-17(20)21)13-8-14-29-23(31)18-10-4-5-11-19(18)24(29)32/h4-7,9-12,16H,8,13-15H2,1-3H3,(H,27,33). The van der Waals surface area contributed by atoms with Crippen molar-refractivity contribution in [3.63, 3.8) is 0 Å². The molecule has 2 heterocycles. The van der Waals surface area contributed by atoms with Crippen LogP contribution < -0.4 is 5.32 Å². The van der Waals surface area contributed by atoms with Crippen LogP contribution in [-0.2, 0) is 11.3 Å². The number of alkyl carbamates (subject to hydrolysis) is 1. The van der Waals surface area contributed by atoms with Crippen LogP contribution in [0.4, 0.5) is 4.79 Å². The second-order valence-electron chi connectivity index (χ2n) is 9.19. The quantitative estimate of drug-likeness (QED) is 0.423. The number of imide groups is 1. The van der Waals surface area contributed by atoms with E-state index in [9.17, 15) is 19.2 Å². The lowest BCUT2D eigenvalue weighted by molar-refractivity contribution is 0.0519. The number of fused-ring (bicyclic) bond motifs is 2. The average Bonchev–Trinajstić information content (AvgIpc) is 3.28. The van der Waals surface area contributed by atoms with Crippen LogP contribution in [-0.4, -0.2) is 51.8 Å². The summed E-state index contributed by atoms with van der Waals surface area (Å²) < 4.78 is 7.13. The smallest absolute Gasteiger partial charge is 0.408 e. The normalized spacial score (nSPS) is 13.3. The Morgan fingerprint density at radius 2 is 1.53 bits per heavy atom. The highest BCUT2D eigenvalue weighted by Crippen LogP contribution is 2.24. The van der Waals surface area contributed by atoms with Crippen molar-refractivity contribution < 1.29 is 23.9 Å². The maximum absolute atomic E-state index is 12.9. The number of Topliss-reactive ketones (excluding diaryl/α,β-unsaturated/α-hetero) is 1. The molecule has 0 aliphatic carbocycles. The molecule has 3 amide bonds. The van der Waals surface area contributed by atoms with Crippen LogP contribution in [0.25, 0.3) is 10.9 Å². The van der Waals surface area contributed by atoms with E-state index in [1.54, 1.807) is 51.2 Å². The van der Waals surface area contributed by atoms with Crippen molar-refractivity contribution in [3.8, 4) is 0 Å². The first-order chi connectivity index (χ1) is 16.2. The number of nitrogens with zero attached hydrogens (tertiary/aromatic N) is 2. The van der Waals surface area contributed by atoms with Crippen molar-refractivity contribution in [1.82, 2.24) is 14.8 Å². The third-order valence-electron chi connectivity index (χ3n) is 5.54. The molecule has 1 aliphatic heterocycles. The highest BCUT2D eigenvalue weighted by atomic mass is 16.6. The van der Waals surface area contributed by atoms with E-state index in [0.717, 1.165) is 10.9 Å². The zero-order chi connectivity index (χ0) is 24.5. The second kappa shape index (κ2) is 9.13. The summed E-state index contributed by atoms with van der Waals surface area (Å²) in [6, 6.07) is 14.3. The van der Waals surface area contributed by atoms with Gasteiger partial charge in [-0.1, -0.05) is 30.3 Å². The number of carbonyl (C=O) groups is 4. The number of ether oxygens (including phenoxy) is 1. The fourth-order valence-electron chi connectivity index (χ4n) is 4.06. The number of nitrogens with one attached hydrogen (secondary N) is 1. The summed E-state index contributed by atoms with van der Waals surface area (Å²) in [4.78, 5) is 51.2. The van der Waals surface area contributed by atoms with Crippen molar-refractivity contribution in [2.75, 3.05) is 13.1 Å². The Hall–Kier alpha value is -3.94. The van der Waals surface area contributed by atoms with E-state index in [1.165, 1.54) is 4.90 Å². The van der Waals surface area contributed by atoms with Crippen molar-refractivity contribution in [2.24, 2.45) is 0 Å². The lowest BCUT2D eigenvalue weighted by Crippen LogP contribution is -2.35. The van der Waals surface area contributed by atoms with Crippen LogP contribution >= 0.6 is 0 Å². The van der Waals surface area contributed by atoms with Crippen LogP contribution in [0.15, 0.2) is 54.7 Å². The SMILES string of the molecule is CC(C)(C)OC(=O)NCC(=O)c1cn(CCCN2C(=O)c3ccccc3C2=O)c2ccccc12. The van der Waals surface area contributed by atoms with Crippen LogP contribution in [0.5, 0.6) is 0 Å². The Morgan fingerprint density at radius 1 is 0.912 bits per heavy atom. The zero-order valence-electron chi connectivity index (χ0n) is 19.5. The van der Waals surface area contributed by atoms with Crippen LogP contribution in [0.2, 0.25) is 0 Å². The number of hydrogen-bond acceptors (Lipinski definition) is 5. The Bertz CT molecular complexity index is 1250. The highest BCUT2D eigenvalue weighted by molar-refractivity contribution is 6.21. The summed E-state index contributed by atoms with van der Waals surface area (Å²) in [6.45, 7) is 5.87. The first-order valence-electron chi connectivity index (χ1n) is 11.2. The molecule has 1 aromatic heterocycles. The van der Waals surface area contributed by atoms with Crippen LogP contribution in [0.1, 0.15) is 58.3 Å². The fraction of sp³-hybridized carbons (Fsp3) is 0.308. The van der Waals surface area contributed by atoms with Gasteiger partial charge >= 0.3 is 6.09 Å². The molecule has 1 aliphatic rings. The Morgan fingerprint density at radius 3 is 2.18 bits per heavy atom. The van der Waals surface area contributed by atoms with E-state index in [-0.39, 0.29) is 30.7 Å². The van der Waals surface area contributed by atoms with E-state index in [4.69, 9.17) is 4.74 Å². The molecule has 0 saturated heterocycles. The molecular weight excluding hydrogens is 434 g/mol. The lowest BCUT2D eigenvalue weighted by atomic mass is 10.1. The lowest BCUT2D eigenvalue weighted by Gasteiger charge is -2.19. The number of benzene rings is 2.